The predicted octanol–water partition coefficient (Wildman–Crippen LogP) is 2.88. The van der Waals surface area contributed by atoms with E-state index in [1.807, 2.05) is 0 Å². The summed E-state index contributed by atoms with van der Waals surface area (Å²) in [6, 6.07) is 9.86. The van der Waals surface area contributed by atoms with E-state index >= 15 is 0 Å². The molecular weight excluding hydrogens is 560 g/mol. The predicted molar refractivity (Wildman–Crippen MR) is 131 cm³/mol. The zero-order valence-corrected chi connectivity index (χ0v) is 20.7. The number of hydrogen-bond donors (Lipinski definition) is 4. The van der Waals surface area contributed by atoms with Crippen LogP contribution in [0.25, 0.3) is 21.5 Å². The van der Waals surface area contributed by atoms with E-state index in [-0.39, 0.29) is 10.8 Å². The van der Waals surface area contributed by atoms with E-state index in [0.29, 0.717) is 0 Å². The molecule has 39 heavy (non-hydrogen) atoms. The van der Waals surface area contributed by atoms with Crippen molar-refractivity contribution >= 4 is 65.7 Å². The number of carbonyl (C=O) groups excluding carboxylic acids is 2. The van der Waals surface area contributed by atoms with E-state index in [1.54, 1.807) is 0 Å². The second kappa shape index (κ2) is 9.55. The van der Waals surface area contributed by atoms with Gasteiger partial charge < -0.3 is 14.9 Å². The van der Waals surface area contributed by atoms with Gasteiger partial charge in [0.15, 0.2) is 0 Å². The maximum atomic E-state index is 13.1. The Labute approximate surface area is 218 Å². The molecule has 0 spiro atoms. The van der Waals surface area contributed by atoms with Crippen LogP contribution in [0.1, 0.15) is 41.4 Å². The molecule has 0 atom stereocenters. The van der Waals surface area contributed by atoms with Crippen molar-refractivity contribution in [1.29, 1.82) is 0 Å². The molecule has 0 aliphatic heterocycles. The molecule has 0 amide bonds. The molecule has 0 saturated carbocycles. The largest absolute Gasteiger partial charge is 0.478 e. The summed E-state index contributed by atoms with van der Waals surface area (Å²) in [5, 5.41) is 17.5. The van der Waals surface area contributed by atoms with Crippen LogP contribution in [0.3, 0.4) is 0 Å². The summed E-state index contributed by atoms with van der Waals surface area (Å²) >= 11 is 0. The van der Waals surface area contributed by atoms with Gasteiger partial charge in [-0.05, 0) is 36.4 Å². The summed E-state index contributed by atoms with van der Waals surface area (Å²) in [5.74, 6) is -6.10. The molecule has 0 aliphatic carbocycles. The van der Waals surface area contributed by atoms with Gasteiger partial charge in [0.05, 0.1) is 22.3 Å². The molecule has 4 N–H and O–H groups in total. The molecule has 0 heterocycles. The first-order chi connectivity index (χ1) is 18.1. The van der Waals surface area contributed by atoms with Gasteiger partial charge in [-0.3, -0.25) is 9.11 Å². The smallest absolute Gasteiger partial charge is 0.346 e. The number of rotatable bonds is 6. The number of aromatic carboxylic acids is 2. The molecule has 0 radical (unpaired) electrons. The highest BCUT2D eigenvalue weighted by Crippen LogP contribution is 2.32. The van der Waals surface area contributed by atoms with Gasteiger partial charge in [0, 0.05) is 21.5 Å². The van der Waals surface area contributed by atoms with Crippen molar-refractivity contribution in [2.75, 3.05) is 0 Å². The highest BCUT2D eigenvalue weighted by molar-refractivity contribution is 7.86. The molecule has 0 aliphatic rings. The van der Waals surface area contributed by atoms with Gasteiger partial charge in [0.1, 0.15) is 9.79 Å². The average Bonchev–Trinajstić information content (AvgIpc) is 2.84. The number of carbonyl (C=O) groups is 4. The van der Waals surface area contributed by atoms with Crippen molar-refractivity contribution in [3.63, 3.8) is 0 Å². The van der Waals surface area contributed by atoms with Crippen LogP contribution in [-0.2, 0) is 25.0 Å². The maximum Gasteiger partial charge on any atom is 0.346 e. The fraction of sp³-hybridized carbons (Fsp3) is 0. The van der Waals surface area contributed by atoms with E-state index in [9.17, 15) is 55.3 Å². The van der Waals surface area contributed by atoms with Crippen molar-refractivity contribution in [3.8, 4) is 0 Å². The third kappa shape index (κ3) is 4.94. The van der Waals surface area contributed by atoms with Gasteiger partial charge in [-0.2, -0.15) is 16.8 Å². The molecule has 15 heteroatoms. The summed E-state index contributed by atoms with van der Waals surface area (Å²) in [7, 11) is -9.74. The first-order valence-corrected chi connectivity index (χ1v) is 13.3. The van der Waals surface area contributed by atoms with Crippen LogP contribution < -0.4 is 0 Å². The zero-order chi connectivity index (χ0) is 28.9. The summed E-state index contributed by atoms with van der Waals surface area (Å²) in [5.41, 5.74) is -2.29. The van der Waals surface area contributed by atoms with Gasteiger partial charge in [-0.15, -0.1) is 0 Å². The van der Waals surface area contributed by atoms with Crippen LogP contribution in [0.5, 0.6) is 0 Å². The third-order valence-corrected chi connectivity index (χ3v) is 7.47. The Morgan fingerprint density at radius 2 is 0.897 bits per heavy atom. The summed E-state index contributed by atoms with van der Waals surface area (Å²) in [4.78, 5) is 48.3. The minimum atomic E-state index is -4.87. The third-order valence-electron chi connectivity index (χ3n) is 5.64. The summed E-state index contributed by atoms with van der Waals surface area (Å²) in [6.45, 7) is 0. The molecular formula is C24H14O13S2. The fourth-order valence-electron chi connectivity index (χ4n) is 4.10. The molecule has 0 saturated heterocycles. The minimum absolute atomic E-state index is 0.365. The van der Waals surface area contributed by atoms with Gasteiger partial charge in [0.25, 0.3) is 20.2 Å². The minimum Gasteiger partial charge on any atom is -0.478 e. The lowest BCUT2D eigenvalue weighted by molar-refractivity contribution is 0.0400. The van der Waals surface area contributed by atoms with Gasteiger partial charge in [-0.1, -0.05) is 24.3 Å². The molecule has 0 unspecified atom stereocenters. The number of ether oxygens (including phenoxy) is 1. The van der Waals surface area contributed by atoms with Crippen LogP contribution in [-0.4, -0.2) is 60.0 Å². The van der Waals surface area contributed by atoms with Crippen LogP contribution in [0.4, 0.5) is 0 Å². The Balaban J connectivity index is 1.91. The van der Waals surface area contributed by atoms with Gasteiger partial charge in [0.2, 0.25) is 0 Å². The lowest BCUT2D eigenvalue weighted by Crippen LogP contribution is -2.16. The monoisotopic (exact) mass is 574 g/mol. The molecule has 0 bridgehead atoms. The molecule has 4 aromatic rings. The van der Waals surface area contributed by atoms with E-state index in [0.717, 1.165) is 60.7 Å². The number of benzene rings is 4. The molecule has 4 rings (SSSR count). The number of esters is 2. The molecule has 200 valence electrons. The van der Waals surface area contributed by atoms with Crippen LogP contribution in [0.2, 0.25) is 0 Å². The normalized spacial score (nSPS) is 11.8. The first kappa shape index (κ1) is 27.3. The quantitative estimate of drug-likeness (QED) is 0.148. The highest BCUT2D eigenvalue weighted by atomic mass is 32.2. The van der Waals surface area contributed by atoms with E-state index < -0.39 is 86.9 Å². The summed E-state index contributed by atoms with van der Waals surface area (Å²) in [6.07, 6.45) is 0. The average molecular weight is 574 g/mol. The first-order valence-electron chi connectivity index (χ1n) is 10.4. The van der Waals surface area contributed by atoms with Crippen molar-refractivity contribution in [2.24, 2.45) is 0 Å². The lowest BCUT2D eigenvalue weighted by atomic mass is 9.98. The summed E-state index contributed by atoms with van der Waals surface area (Å²) < 4.78 is 71.2. The van der Waals surface area contributed by atoms with Crippen molar-refractivity contribution in [1.82, 2.24) is 0 Å². The highest BCUT2D eigenvalue weighted by Gasteiger charge is 2.28. The van der Waals surface area contributed by atoms with Crippen molar-refractivity contribution in [3.05, 3.63) is 82.9 Å². The number of carboxylic acid groups (broad SMARTS) is 2. The van der Waals surface area contributed by atoms with Crippen molar-refractivity contribution in [2.45, 2.75) is 9.79 Å². The van der Waals surface area contributed by atoms with E-state index in [4.69, 9.17) is 4.74 Å². The Bertz CT molecular complexity index is 1830. The molecule has 4 aromatic carbocycles. The van der Waals surface area contributed by atoms with Crippen LogP contribution >= 0.6 is 0 Å². The Hall–Kier alpha value is -4.70. The van der Waals surface area contributed by atoms with E-state index in [1.165, 1.54) is 0 Å². The molecule has 0 fully saturated rings. The number of fused-ring (bicyclic) bond motifs is 2. The zero-order valence-electron chi connectivity index (χ0n) is 19.1. The van der Waals surface area contributed by atoms with Gasteiger partial charge in [-0.25, -0.2) is 19.2 Å². The molecule has 13 nitrogen and oxygen atoms in total. The van der Waals surface area contributed by atoms with Gasteiger partial charge >= 0.3 is 23.9 Å². The number of hydrogen-bond acceptors (Lipinski definition) is 9. The second-order valence-corrected chi connectivity index (χ2v) is 10.7. The topological polar surface area (TPSA) is 227 Å². The fourth-order valence-corrected chi connectivity index (χ4v) is 5.48. The number of carboxylic acids is 2. The standard InChI is InChI=1S/C24H14O13S2/c25-21(26)13-5-1-3-11-17(38(31,32)33)9-7-15(19(11)13)23(29)37-24(30)16-8-10-18(39(34,35)36)12-4-2-6-14(20(12)16)22(27)28/h1-10H,(H,25,26)(H,27,28)(H,31,32,33)(H,34,35,36). The Kier molecular flexibility index (Phi) is 6.70. The SMILES string of the molecule is O=C(O)c1cccc2c(S(=O)(=O)O)ccc(C(=O)OC(=O)c3ccc(S(=O)(=O)O)c4cccc(C(=O)O)c34)c12. The van der Waals surface area contributed by atoms with Crippen LogP contribution in [0.15, 0.2) is 70.5 Å². The van der Waals surface area contributed by atoms with Crippen LogP contribution in [0, 0.1) is 0 Å². The Morgan fingerprint density at radius 3 is 1.21 bits per heavy atom. The molecule has 0 aromatic heterocycles. The Morgan fingerprint density at radius 1 is 0.538 bits per heavy atom. The van der Waals surface area contributed by atoms with Crippen molar-refractivity contribution < 1.29 is 60.1 Å². The second-order valence-electron chi connectivity index (χ2n) is 7.92. The lowest BCUT2D eigenvalue weighted by Gasteiger charge is -2.13. The van der Waals surface area contributed by atoms with E-state index in [2.05, 4.69) is 0 Å². The maximum absolute atomic E-state index is 13.1.